The zero-order valence-corrected chi connectivity index (χ0v) is 16.4. The van der Waals surface area contributed by atoms with Crippen LogP contribution in [-0.2, 0) is 9.53 Å². The Bertz CT molecular complexity index is 751. The molecule has 0 heterocycles. The van der Waals surface area contributed by atoms with Crippen molar-refractivity contribution >= 4 is 23.5 Å². The van der Waals surface area contributed by atoms with Gasteiger partial charge in [-0.25, -0.2) is 4.79 Å². The maximum atomic E-state index is 12.3. The van der Waals surface area contributed by atoms with Gasteiger partial charge in [0, 0.05) is 0 Å². The van der Waals surface area contributed by atoms with Crippen LogP contribution in [0.5, 0.6) is 11.5 Å². The van der Waals surface area contributed by atoms with E-state index in [1.807, 2.05) is 13.8 Å². The first-order chi connectivity index (χ1) is 12.8. The van der Waals surface area contributed by atoms with E-state index in [-0.39, 0.29) is 16.7 Å². The molecule has 1 amide bonds. The quantitative estimate of drug-likeness (QED) is 0.713. The van der Waals surface area contributed by atoms with E-state index in [0.717, 1.165) is 12.8 Å². The van der Waals surface area contributed by atoms with Crippen molar-refractivity contribution in [2.24, 2.45) is 0 Å². The second kappa shape index (κ2) is 8.96. The van der Waals surface area contributed by atoms with Crippen molar-refractivity contribution in [1.82, 2.24) is 5.32 Å². The van der Waals surface area contributed by atoms with E-state index in [0.29, 0.717) is 24.3 Å². The molecule has 27 heavy (non-hydrogen) atoms. The van der Waals surface area contributed by atoms with Crippen molar-refractivity contribution < 1.29 is 23.8 Å². The molecule has 1 fully saturated rings. The van der Waals surface area contributed by atoms with E-state index in [2.05, 4.69) is 11.4 Å². The molecule has 0 atom stereocenters. The molecule has 1 saturated carbocycles. The van der Waals surface area contributed by atoms with Gasteiger partial charge in [0.15, 0.2) is 18.1 Å². The molecule has 8 heteroatoms. The van der Waals surface area contributed by atoms with E-state index >= 15 is 0 Å². The Morgan fingerprint density at radius 3 is 2.56 bits per heavy atom. The highest BCUT2D eigenvalue weighted by molar-refractivity contribution is 6.32. The van der Waals surface area contributed by atoms with Crippen LogP contribution in [0, 0.1) is 11.3 Å². The summed E-state index contributed by atoms with van der Waals surface area (Å²) in [5.41, 5.74) is -0.720. The van der Waals surface area contributed by atoms with Crippen LogP contribution in [0.2, 0.25) is 5.02 Å². The molecule has 1 aromatic carbocycles. The zero-order valence-electron chi connectivity index (χ0n) is 15.6. The lowest BCUT2D eigenvalue weighted by molar-refractivity contribution is -0.125. The highest BCUT2D eigenvalue weighted by Gasteiger charge is 2.35. The van der Waals surface area contributed by atoms with Crippen molar-refractivity contribution in [3.63, 3.8) is 0 Å². The second-order valence-electron chi connectivity index (χ2n) is 6.68. The average Bonchev–Trinajstić information content (AvgIpc) is 3.09. The Kier molecular flexibility index (Phi) is 6.92. The van der Waals surface area contributed by atoms with Gasteiger partial charge < -0.3 is 19.5 Å². The lowest BCUT2D eigenvalue weighted by Crippen LogP contribution is -2.46. The molecule has 146 valence electrons. The predicted molar refractivity (Wildman–Crippen MR) is 99.0 cm³/mol. The second-order valence-corrected chi connectivity index (χ2v) is 7.09. The number of nitrogens with one attached hydrogen (secondary N) is 1. The first-order valence-electron chi connectivity index (χ1n) is 8.74. The van der Waals surface area contributed by atoms with E-state index in [1.54, 1.807) is 0 Å². The SMILES string of the molecule is COc1cc(C(=O)OCC(=O)NC2(C#N)CCCC2)cc(Cl)c1OC(C)C. The van der Waals surface area contributed by atoms with Crippen molar-refractivity contribution in [2.45, 2.75) is 51.2 Å². The number of rotatable bonds is 7. The Hall–Kier alpha value is -2.46. The largest absolute Gasteiger partial charge is 0.493 e. The molecule has 2 rings (SSSR count). The molecule has 1 aromatic rings. The molecule has 0 aromatic heterocycles. The topological polar surface area (TPSA) is 97.6 Å². The van der Waals surface area contributed by atoms with Crippen LogP contribution in [0.3, 0.4) is 0 Å². The number of nitriles is 1. The van der Waals surface area contributed by atoms with Crippen LogP contribution < -0.4 is 14.8 Å². The summed E-state index contributed by atoms with van der Waals surface area (Å²) in [5, 5.41) is 12.2. The van der Waals surface area contributed by atoms with Crippen LogP contribution in [-0.4, -0.2) is 37.2 Å². The molecule has 0 bridgehead atoms. The number of benzene rings is 1. The van der Waals surface area contributed by atoms with Gasteiger partial charge in [-0.15, -0.1) is 0 Å². The van der Waals surface area contributed by atoms with Crippen LogP contribution in [0.15, 0.2) is 12.1 Å². The predicted octanol–water partition coefficient (Wildman–Crippen LogP) is 3.25. The summed E-state index contributed by atoms with van der Waals surface area (Å²) in [4.78, 5) is 24.3. The van der Waals surface area contributed by atoms with Crippen LogP contribution in [0.1, 0.15) is 49.9 Å². The molecule has 1 aliphatic rings. The fraction of sp³-hybridized carbons (Fsp3) is 0.526. The number of amides is 1. The summed E-state index contributed by atoms with van der Waals surface area (Å²) in [7, 11) is 1.43. The molecule has 0 spiro atoms. The van der Waals surface area contributed by atoms with E-state index in [9.17, 15) is 14.9 Å². The number of methoxy groups -OCH3 is 1. The summed E-state index contributed by atoms with van der Waals surface area (Å²) >= 11 is 6.19. The zero-order chi connectivity index (χ0) is 20.0. The number of ether oxygens (including phenoxy) is 3. The number of esters is 1. The van der Waals surface area contributed by atoms with Gasteiger partial charge >= 0.3 is 5.97 Å². The first kappa shape index (κ1) is 20.8. The molecule has 1 N–H and O–H groups in total. The average molecular weight is 395 g/mol. The van der Waals surface area contributed by atoms with Gasteiger partial charge in [0.05, 0.1) is 29.9 Å². The smallest absolute Gasteiger partial charge is 0.338 e. The lowest BCUT2D eigenvalue weighted by Gasteiger charge is -2.21. The number of carbonyl (C=O) groups excluding carboxylic acids is 2. The minimum absolute atomic E-state index is 0.124. The fourth-order valence-corrected chi connectivity index (χ4v) is 3.20. The van der Waals surface area contributed by atoms with Crippen molar-refractivity contribution in [3.8, 4) is 17.6 Å². The third-order valence-electron chi connectivity index (χ3n) is 4.20. The lowest BCUT2D eigenvalue weighted by atomic mass is 10.00. The molecular formula is C19H23ClN2O5. The van der Waals surface area contributed by atoms with Gasteiger partial charge in [-0.05, 0) is 51.7 Å². The van der Waals surface area contributed by atoms with Crippen molar-refractivity contribution in [1.29, 1.82) is 5.26 Å². The Balaban J connectivity index is 2.02. The molecule has 0 unspecified atom stereocenters. The molecule has 0 aliphatic heterocycles. The number of hydrogen-bond acceptors (Lipinski definition) is 6. The summed E-state index contributed by atoms with van der Waals surface area (Å²) in [5.74, 6) is -0.605. The van der Waals surface area contributed by atoms with E-state index in [4.69, 9.17) is 25.8 Å². The molecule has 0 radical (unpaired) electrons. The van der Waals surface area contributed by atoms with Crippen LogP contribution in [0.25, 0.3) is 0 Å². The summed E-state index contributed by atoms with van der Waals surface area (Å²) < 4.78 is 15.9. The standard InChI is InChI=1S/C19H23ClN2O5/c1-12(2)27-17-14(20)8-13(9-15(17)25-3)18(24)26-10-16(23)22-19(11-21)6-4-5-7-19/h8-9,12H,4-7,10H2,1-3H3,(H,22,23). The van der Waals surface area contributed by atoms with Crippen LogP contribution >= 0.6 is 11.6 Å². The highest BCUT2D eigenvalue weighted by atomic mass is 35.5. The maximum Gasteiger partial charge on any atom is 0.338 e. The number of hydrogen-bond donors (Lipinski definition) is 1. The van der Waals surface area contributed by atoms with E-state index < -0.39 is 24.0 Å². The summed E-state index contributed by atoms with van der Waals surface area (Å²) in [6.45, 7) is 3.20. The van der Waals surface area contributed by atoms with Gasteiger partial charge in [-0.2, -0.15) is 5.26 Å². The minimum atomic E-state index is -0.855. The number of halogens is 1. The highest BCUT2D eigenvalue weighted by Crippen LogP contribution is 2.37. The van der Waals surface area contributed by atoms with Crippen molar-refractivity contribution in [2.75, 3.05) is 13.7 Å². The molecule has 7 nitrogen and oxygen atoms in total. The van der Waals surface area contributed by atoms with Gasteiger partial charge in [0.25, 0.3) is 5.91 Å². The normalized spacial score (nSPS) is 15.1. The van der Waals surface area contributed by atoms with Gasteiger partial charge in [0.2, 0.25) is 0 Å². The first-order valence-corrected chi connectivity index (χ1v) is 9.11. The summed E-state index contributed by atoms with van der Waals surface area (Å²) in [6, 6.07) is 4.99. The van der Waals surface area contributed by atoms with Crippen LogP contribution in [0.4, 0.5) is 0 Å². The molecular weight excluding hydrogens is 372 g/mol. The molecule has 0 saturated heterocycles. The number of carbonyl (C=O) groups is 2. The van der Waals surface area contributed by atoms with E-state index in [1.165, 1.54) is 19.2 Å². The van der Waals surface area contributed by atoms with Crippen molar-refractivity contribution in [3.05, 3.63) is 22.7 Å². The maximum absolute atomic E-state index is 12.3. The third-order valence-corrected chi connectivity index (χ3v) is 4.48. The summed E-state index contributed by atoms with van der Waals surface area (Å²) in [6.07, 6.45) is 2.86. The Morgan fingerprint density at radius 2 is 2.00 bits per heavy atom. The monoisotopic (exact) mass is 394 g/mol. The molecule has 1 aliphatic carbocycles. The number of nitrogens with zero attached hydrogens (tertiary/aromatic N) is 1. The fourth-order valence-electron chi connectivity index (χ4n) is 2.95. The third kappa shape index (κ3) is 5.27. The van der Waals surface area contributed by atoms with Gasteiger partial charge in [0.1, 0.15) is 5.54 Å². The Labute approximate surface area is 163 Å². The minimum Gasteiger partial charge on any atom is -0.493 e. The van der Waals surface area contributed by atoms with Gasteiger partial charge in [-0.1, -0.05) is 11.6 Å². The van der Waals surface area contributed by atoms with Gasteiger partial charge in [-0.3, -0.25) is 4.79 Å². The Morgan fingerprint density at radius 1 is 1.33 bits per heavy atom.